The second kappa shape index (κ2) is 6.44. The molecule has 0 aromatic heterocycles. The summed E-state index contributed by atoms with van der Waals surface area (Å²) >= 11 is 0. The molecule has 0 radical (unpaired) electrons. The van der Waals surface area contributed by atoms with E-state index in [1.54, 1.807) is 0 Å². The lowest BCUT2D eigenvalue weighted by Gasteiger charge is -2.46. The number of hydrogen-bond donors (Lipinski definition) is 2. The number of rotatable bonds is 3. The molecule has 3 fully saturated rings. The van der Waals surface area contributed by atoms with Crippen LogP contribution in [0.5, 0.6) is 0 Å². The van der Waals surface area contributed by atoms with Crippen LogP contribution in [0.3, 0.4) is 0 Å². The fraction of sp³-hybridized carbons (Fsp3) is 0.952. The SMILES string of the molecule is CC(C)(C)OC(=O)NC1CCC(NC2C3(C)CCC(C3)C2(C)C)CC1. The van der Waals surface area contributed by atoms with Gasteiger partial charge in [0.1, 0.15) is 5.60 Å². The molecule has 2 N–H and O–H groups in total. The van der Waals surface area contributed by atoms with E-state index in [1.807, 2.05) is 20.8 Å². The van der Waals surface area contributed by atoms with Gasteiger partial charge in [-0.25, -0.2) is 4.79 Å². The van der Waals surface area contributed by atoms with E-state index in [2.05, 4.69) is 31.4 Å². The Labute approximate surface area is 153 Å². The van der Waals surface area contributed by atoms with Crippen LogP contribution in [-0.4, -0.2) is 29.8 Å². The van der Waals surface area contributed by atoms with Crippen LogP contribution in [0.2, 0.25) is 0 Å². The highest BCUT2D eigenvalue weighted by molar-refractivity contribution is 5.68. The summed E-state index contributed by atoms with van der Waals surface area (Å²) in [6.45, 7) is 13.2. The second-order valence-electron chi connectivity index (χ2n) is 10.7. The standard InChI is InChI=1S/C21H38N2O2/c1-19(2,3)25-18(24)23-16-9-7-15(8-10-16)22-17-20(4,5)14-11-12-21(17,6)13-14/h14-17,22H,7-13H2,1-6H3,(H,23,24). The highest BCUT2D eigenvalue weighted by Crippen LogP contribution is 2.62. The van der Waals surface area contributed by atoms with E-state index in [1.165, 1.54) is 19.3 Å². The fourth-order valence-corrected chi connectivity index (χ4v) is 5.83. The lowest BCUT2D eigenvalue weighted by molar-refractivity contribution is 0.0482. The van der Waals surface area contributed by atoms with Crippen molar-refractivity contribution >= 4 is 6.09 Å². The van der Waals surface area contributed by atoms with Crippen molar-refractivity contribution in [3.05, 3.63) is 0 Å². The third-order valence-corrected chi connectivity index (χ3v) is 7.12. The molecule has 0 aromatic carbocycles. The zero-order valence-electron chi connectivity index (χ0n) is 17.1. The summed E-state index contributed by atoms with van der Waals surface area (Å²) in [7, 11) is 0. The number of carbonyl (C=O) groups excluding carboxylic acids is 1. The van der Waals surface area contributed by atoms with Gasteiger partial charge in [0.2, 0.25) is 0 Å². The van der Waals surface area contributed by atoms with Crippen molar-refractivity contribution in [1.82, 2.24) is 10.6 Å². The highest BCUT2D eigenvalue weighted by Gasteiger charge is 2.59. The molecule has 3 rings (SSSR count). The minimum absolute atomic E-state index is 0.261. The maximum atomic E-state index is 12.0. The van der Waals surface area contributed by atoms with Crippen LogP contribution in [-0.2, 0) is 4.74 Å². The molecule has 4 heteroatoms. The van der Waals surface area contributed by atoms with Crippen LogP contribution in [0, 0.1) is 16.7 Å². The van der Waals surface area contributed by atoms with Crippen molar-refractivity contribution < 1.29 is 9.53 Å². The van der Waals surface area contributed by atoms with Crippen molar-refractivity contribution in [3.63, 3.8) is 0 Å². The molecular weight excluding hydrogens is 312 g/mol. The molecule has 3 aliphatic carbocycles. The molecule has 0 saturated heterocycles. The van der Waals surface area contributed by atoms with Crippen molar-refractivity contribution in [1.29, 1.82) is 0 Å². The van der Waals surface area contributed by atoms with E-state index in [4.69, 9.17) is 4.74 Å². The molecule has 4 nitrogen and oxygen atoms in total. The first-order valence-electron chi connectivity index (χ1n) is 10.3. The Balaban J connectivity index is 1.48. The molecule has 3 aliphatic rings. The van der Waals surface area contributed by atoms with Gasteiger partial charge >= 0.3 is 6.09 Å². The van der Waals surface area contributed by atoms with Crippen LogP contribution in [0.25, 0.3) is 0 Å². The van der Waals surface area contributed by atoms with E-state index < -0.39 is 5.60 Å². The number of fused-ring (bicyclic) bond motifs is 2. The third-order valence-electron chi connectivity index (χ3n) is 7.12. The molecule has 1 amide bonds. The van der Waals surface area contributed by atoms with Crippen molar-refractivity contribution in [3.8, 4) is 0 Å². The Bertz CT molecular complexity index is 498. The zero-order valence-corrected chi connectivity index (χ0v) is 17.1. The normalized spacial score (nSPS) is 40.1. The van der Waals surface area contributed by atoms with Gasteiger partial charge in [-0.1, -0.05) is 20.8 Å². The second-order valence-corrected chi connectivity index (χ2v) is 10.7. The van der Waals surface area contributed by atoms with E-state index >= 15 is 0 Å². The number of carbonyl (C=O) groups is 1. The lowest BCUT2D eigenvalue weighted by Crippen LogP contribution is -2.55. The number of ether oxygens (including phenoxy) is 1. The van der Waals surface area contributed by atoms with Crippen molar-refractivity contribution in [2.75, 3.05) is 0 Å². The van der Waals surface area contributed by atoms with Gasteiger partial charge in [-0.05, 0) is 82.5 Å². The molecule has 3 saturated carbocycles. The maximum absolute atomic E-state index is 12.0. The van der Waals surface area contributed by atoms with Crippen molar-refractivity contribution in [2.45, 2.75) is 110 Å². The molecule has 2 bridgehead atoms. The Morgan fingerprint density at radius 2 is 1.60 bits per heavy atom. The quantitative estimate of drug-likeness (QED) is 0.780. The number of alkyl carbamates (subject to hydrolysis) is 1. The van der Waals surface area contributed by atoms with E-state index in [-0.39, 0.29) is 12.1 Å². The Morgan fingerprint density at radius 3 is 2.12 bits per heavy atom. The predicted molar refractivity (Wildman–Crippen MR) is 102 cm³/mol. The topological polar surface area (TPSA) is 50.4 Å². The molecule has 0 heterocycles. The molecular formula is C21H38N2O2. The van der Waals surface area contributed by atoms with Gasteiger partial charge in [-0.3, -0.25) is 0 Å². The van der Waals surface area contributed by atoms with Crippen molar-refractivity contribution in [2.24, 2.45) is 16.7 Å². The van der Waals surface area contributed by atoms with Gasteiger partial charge in [0.05, 0.1) is 0 Å². The fourth-order valence-electron chi connectivity index (χ4n) is 5.83. The first-order chi connectivity index (χ1) is 11.5. The van der Waals surface area contributed by atoms with Gasteiger partial charge in [-0.15, -0.1) is 0 Å². The molecule has 0 spiro atoms. The minimum Gasteiger partial charge on any atom is -0.444 e. The molecule has 0 aliphatic heterocycles. The van der Waals surface area contributed by atoms with Gasteiger partial charge < -0.3 is 15.4 Å². The van der Waals surface area contributed by atoms with Crippen LogP contribution < -0.4 is 10.6 Å². The summed E-state index contributed by atoms with van der Waals surface area (Å²) in [5, 5.41) is 7.10. The average Bonchev–Trinajstić information content (AvgIpc) is 2.94. The summed E-state index contributed by atoms with van der Waals surface area (Å²) in [4.78, 5) is 12.0. The monoisotopic (exact) mass is 350 g/mol. The third kappa shape index (κ3) is 3.99. The molecule has 3 atom stereocenters. The largest absolute Gasteiger partial charge is 0.444 e. The van der Waals surface area contributed by atoms with Crippen LogP contribution in [0.4, 0.5) is 4.79 Å². The smallest absolute Gasteiger partial charge is 0.407 e. The summed E-state index contributed by atoms with van der Waals surface area (Å²) < 4.78 is 5.38. The molecule has 25 heavy (non-hydrogen) atoms. The number of nitrogens with one attached hydrogen (secondary N) is 2. The Kier molecular flexibility index (Phi) is 4.89. The number of hydrogen-bond acceptors (Lipinski definition) is 3. The Hall–Kier alpha value is -0.770. The summed E-state index contributed by atoms with van der Waals surface area (Å²) in [5.74, 6) is 0.889. The zero-order chi connectivity index (χ0) is 18.5. The van der Waals surface area contributed by atoms with Gasteiger partial charge in [-0.2, -0.15) is 0 Å². The summed E-state index contributed by atoms with van der Waals surface area (Å²) in [6, 6.07) is 1.49. The first-order valence-corrected chi connectivity index (χ1v) is 10.3. The summed E-state index contributed by atoms with van der Waals surface area (Å²) in [5.41, 5.74) is 0.476. The van der Waals surface area contributed by atoms with Gasteiger partial charge in [0, 0.05) is 18.1 Å². The lowest BCUT2D eigenvalue weighted by atomic mass is 9.68. The molecule has 144 valence electrons. The van der Waals surface area contributed by atoms with Gasteiger partial charge in [0.15, 0.2) is 0 Å². The highest BCUT2D eigenvalue weighted by atomic mass is 16.6. The van der Waals surface area contributed by atoms with Crippen LogP contribution in [0.15, 0.2) is 0 Å². The van der Waals surface area contributed by atoms with E-state index in [0.29, 0.717) is 22.9 Å². The average molecular weight is 351 g/mol. The summed E-state index contributed by atoms with van der Waals surface area (Å²) in [6.07, 6.45) is 8.30. The van der Waals surface area contributed by atoms with E-state index in [9.17, 15) is 4.79 Å². The maximum Gasteiger partial charge on any atom is 0.407 e. The molecule has 3 unspecified atom stereocenters. The predicted octanol–water partition coefficient (Wildman–Crippen LogP) is 4.63. The van der Waals surface area contributed by atoms with Crippen LogP contribution >= 0.6 is 0 Å². The first kappa shape index (κ1) is 19.0. The molecule has 0 aromatic rings. The number of amides is 1. The van der Waals surface area contributed by atoms with E-state index in [0.717, 1.165) is 31.6 Å². The van der Waals surface area contributed by atoms with Crippen LogP contribution in [0.1, 0.15) is 86.5 Å². The Morgan fingerprint density at radius 1 is 1.00 bits per heavy atom. The van der Waals surface area contributed by atoms with Gasteiger partial charge in [0.25, 0.3) is 0 Å². The minimum atomic E-state index is -0.425.